The van der Waals surface area contributed by atoms with Crippen LogP contribution >= 0.6 is 15.9 Å². The van der Waals surface area contributed by atoms with E-state index in [0.29, 0.717) is 11.8 Å². The number of benzene rings is 1. The quantitative estimate of drug-likeness (QED) is 0.703. The molecule has 2 fully saturated rings. The number of nitrogens with two attached hydrogens (primary N) is 1. The van der Waals surface area contributed by atoms with E-state index in [1.165, 1.54) is 55.4 Å². The number of primary amides is 1. The molecule has 2 N–H and O–H groups in total. The third-order valence-corrected chi connectivity index (χ3v) is 6.82. The van der Waals surface area contributed by atoms with Gasteiger partial charge in [-0.15, -0.1) is 0 Å². The van der Waals surface area contributed by atoms with Gasteiger partial charge in [-0.3, -0.25) is 0 Å². The molecule has 2 saturated heterocycles. The summed E-state index contributed by atoms with van der Waals surface area (Å²) < 4.78 is 6.54. The molecule has 27 heavy (non-hydrogen) atoms. The molecule has 150 valence electrons. The molecule has 2 aliphatic heterocycles. The van der Waals surface area contributed by atoms with Crippen molar-refractivity contribution in [2.45, 2.75) is 38.5 Å². The first-order valence-corrected chi connectivity index (χ1v) is 10.9. The number of rotatable bonds is 7. The molecule has 6 heteroatoms. The van der Waals surface area contributed by atoms with E-state index < -0.39 is 0 Å². The van der Waals surface area contributed by atoms with Crippen molar-refractivity contribution in [1.29, 1.82) is 0 Å². The Kier molecular flexibility index (Phi) is 7.41. The second-order valence-electron chi connectivity index (χ2n) is 8.05. The number of hydrogen-bond acceptors (Lipinski definition) is 3. The summed E-state index contributed by atoms with van der Waals surface area (Å²) in [7, 11) is 1.72. The first-order chi connectivity index (χ1) is 13.0. The first-order valence-electron chi connectivity index (χ1n) is 10.1. The highest BCUT2D eigenvalue weighted by atomic mass is 79.9. The minimum atomic E-state index is -0.259. The number of nitrogens with zero attached hydrogens (tertiary/aromatic N) is 2. The van der Waals surface area contributed by atoms with Crippen molar-refractivity contribution in [2.75, 3.05) is 39.8 Å². The van der Waals surface area contributed by atoms with E-state index in [1.807, 2.05) is 11.0 Å². The number of amides is 2. The van der Waals surface area contributed by atoms with Crippen molar-refractivity contribution in [3.05, 3.63) is 28.2 Å². The van der Waals surface area contributed by atoms with Crippen LogP contribution in [0.4, 0.5) is 4.79 Å². The zero-order valence-electron chi connectivity index (χ0n) is 16.3. The fourth-order valence-electron chi connectivity index (χ4n) is 4.53. The molecule has 0 bridgehead atoms. The van der Waals surface area contributed by atoms with E-state index in [2.05, 4.69) is 33.0 Å². The summed E-state index contributed by atoms with van der Waals surface area (Å²) in [5.41, 5.74) is 6.78. The number of carbonyl (C=O) groups excluding carboxylic acids is 1. The molecule has 2 atom stereocenters. The van der Waals surface area contributed by atoms with Crippen molar-refractivity contribution in [1.82, 2.24) is 9.80 Å². The Hall–Kier alpha value is -1.27. The van der Waals surface area contributed by atoms with Crippen molar-refractivity contribution in [3.63, 3.8) is 0 Å². The lowest BCUT2D eigenvalue weighted by molar-refractivity contribution is 0.167. The van der Waals surface area contributed by atoms with Crippen LogP contribution in [0.1, 0.15) is 37.7 Å². The van der Waals surface area contributed by atoms with E-state index in [1.54, 1.807) is 7.11 Å². The molecule has 3 rings (SSSR count). The van der Waals surface area contributed by atoms with Crippen LogP contribution in [-0.4, -0.2) is 55.7 Å². The molecule has 2 heterocycles. The molecule has 0 radical (unpaired) electrons. The number of halogens is 1. The number of piperidine rings is 1. The Morgan fingerprint density at radius 3 is 2.89 bits per heavy atom. The average molecular weight is 438 g/mol. The molecule has 0 spiro atoms. The summed E-state index contributed by atoms with van der Waals surface area (Å²) in [6.45, 7) is 5.23. The van der Waals surface area contributed by atoms with Crippen LogP contribution in [0.25, 0.3) is 0 Å². The predicted octanol–water partition coefficient (Wildman–Crippen LogP) is 3.89. The topological polar surface area (TPSA) is 58.8 Å². The highest BCUT2D eigenvalue weighted by molar-refractivity contribution is 9.10. The predicted molar refractivity (Wildman–Crippen MR) is 112 cm³/mol. The lowest BCUT2D eigenvalue weighted by Gasteiger charge is -2.31. The van der Waals surface area contributed by atoms with Crippen molar-refractivity contribution in [2.24, 2.45) is 17.6 Å². The maximum atomic E-state index is 11.4. The molecule has 1 aromatic carbocycles. The molecule has 2 amide bonds. The summed E-state index contributed by atoms with van der Waals surface area (Å²) >= 11 is 3.68. The largest absolute Gasteiger partial charge is 0.497 e. The maximum Gasteiger partial charge on any atom is 0.314 e. The second-order valence-corrected chi connectivity index (χ2v) is 8.91. The van der Waals surface area contributed by atoms with Crippen molar-refractivity contribution < 1.29 is 9.53 Å². The van der Waals surface area contributed by atoms with Gasteiger partial charge in [0.05, 0.1) is 7.11 Å². The zero-order valence-corrected chi connectivity index (χ0v) is 17.9. The highest BCUT2D eigenvalue weighted by Gasteiger charge is 2.25. The Morgan fingerprint density at radius 1 is 1.26 bits per heavy atom. The Morgan fingerprint density at radius 2 is 2.11 bits per heavy atom. The molecule has 2 aliphatic rings. The number of likely N-dealkylation sites (tertiary alicyclic amines) is 2. The molecule has 2 unspecified atom stereocenters. The van der Waals surface area contributed by atoms with Crippen molar-refractivity contribution >= 4 is 22.0 Å². The maximum absolute atomic E-state index is 11.4. The minimum Gasteiger partial charge on any atom is -0.497 e. The van der Waals surface area contributed by atoms with Crippen LogP contribution in [0.3, 0.4) is 0 Å². The molecular weight excluding hydrogens is 406 g/mol. The molecule has 0 saturated carbocycles. The molecule has 5 nitrogen and oxygen atoms in total. The van der Waals surface area contributed by atoms with Crippen LogP contribution < -0.4 is 10.5 Å². The summed E-state index contributed by atoms with van der Waals surface area (Å²) in [5.74, 6) is 2.27. The molecule has 1 aromatic rings. The summed E-state index contributed by atoms with van der Waals surface area (Å²) in [6.07, 6.45) is 7.11. The van der Waals surface area contributed by atoms with E-state index in [4.69, 9.17) is 10.5 Å². The van der Waals surface area contributed by atoms with E-state index >= 15 is 0 Å². The standard InChI is InChI=1S/C21H32BrN3O2/c1-27-19-6-7-20(22)18(13-19)12-17-8-11-24(14-17)9-2-4-16-5-3-10-25(15-16)21(23)26/h6-7,13,16-17H,2-5,8-12,14-15H2,1H3,(H2,23,26). The van der Waals surface area contributed by atoms with Gasteiger partial charge in [-0.2, -0.15) is 0 Å². The van der Waals surface area contributed by atoms with Crippen molar-refractivity contribution in [3.8, 4) is 5.75 Å². The SMILES string of the molecule is COc1ccc(Br)c(CC2CCN(CCCC3CCCN(C(N)=O)C3)C2)c1. The van der Waals surface area contributed by atoms with Gasteiger partial charge in [-0.05, 0) is 87.2 Å². The number of methoxy groups -OCH3 is 1. The van der Waals surface area contributed by atoms with Crippen LogP contribution in [0, 0.1) is 11.8 Å². The van der Waals surface area contributed by atoms with Gasteiger partial charge in [0.25, 0.3) is 0 Å². The summed E-state index contributed by atoms with van der Waals surface area (Å²) in [6, 6.07) is 5.98. The number of carbonyl (C=O) groups is 1. The fourth-order valence-corrected chi connectivity index (χ4v) is 4.94. The van der Waals surface area contributed by atoms with E-state index in [-0.39, 0.29) is 6.03 Å². The van der Waals surface area contributed by atoms with Gasteiger partial charge >= 0.3 is 6.03 Å². The van der Waals surface area contributed by atoms with Crippen LogP contribution in [0.2, 0.25) is 0 Å². The second kappa shape index (κ2) is 9.78. The highest BCUT2D eigenvalue weighted by Crippen LogP contribution is 2.29. The van der Waals surface area contributed by atoms with Gasteiger partial charge in [0.1, 0.15) is 5.75 Å². The van der Waals surface area contributed by atoms with Gasteiger partial charge in [0, 0.05) is 24.1 Å². The Balaban J connectivity index is 1.39. The first kappa shape index (κ1) is 20.5. The fraction of sp³-hybridized carbons (Fsp3) is 0.667. The average Bonchev–Trinajstić information content (AvgIpc) is 3.11. The van der Waals surface area contributed by atoms with Gasteiger partial charge in [-0.25, -0.2) is 4.79 Å². The Bertz CT molecular complexity index is 640. The normalized spacial score (nSPS) is 23.6. The van der Waals surface area contributed by atoms with Gasteiger partial charge in [0.15, 0.2) is 0 Å². The van der Waals surface area contributed by atoms with E-state index in [9.17, 15) is 4.79 Å². The van der Waals surface area contributed by atoms with Gasteiger partial charge < -0.3 is 20.3 Å². The zero-order chi connectivity index (χ0) is 19.2. The van der Waals surface area contributed by atoms with E-state index in [0.717, 1.165) is 31.7 Å². The lowest BCUT2D eigenvalue weighted by Crippen LogP contribution is -2.43. The molecule has 0 aliphatic carbocycles. The van der Waals surface area contributed by atoms with Crippen LogP contribution in [0.5, 0.6) is 5.75 Å². The minimum absolute atomic E-state index is 0.259. The number of urea groups is 1. The van der Waals surface area contributed by atoms with Gasteiger partial charge in [-0.1, -0.05) is 15.9 Å². The van der Waals surface area contributed by atoms with Gasteiger partial charge in [0.2, 0.25) is 0 Å². The summed E-state index contributed by atoms with van der Waals surface area (Å²) in [5, 5.41) is 0. The Labute approximate surface area is 171 Å². The third-order valence-electron chi connectivity index (χ3n) is 6.05. The summed E-state index contributed by atoms with van der Waals surface area (Å²) in [4.78, 5) is 15.8. The third kappa shape index (κ3) is 5.85. The number of ether oxygens (including phenoxy) is 1. The number of hydrogen-bond donors (Lipinski definition) is 1. The lowest BCUT2D eigenvalue weighted by atomic mass is 9.93. The monoisotopic (exact) mass is 437 g/mol. The molecular formula is C21H32BrN3O2. The van der Waals surface area contributed by atoms with Crippen LogP contribution in [0.15, 0.2) is 22.7 Å². The molecule has 0 aromatic heterocycles. The smallest absolute Gasteiger partial charge is 0.314 e. The van der Waals surface area contributed by atoms with Crippen LogP contribution in [-0.2, 0) is 6.42 Å².